The number of aliphatic carboxylic acids is 1. The van der Waals surface area contributed by atoms with Crippen molar-refractivity contribution in [2.45, 2.75) is 26.4 Å². The molecular formula is C19H22N2O3. The molecule has 0 spiro atoms. The largest absolute Gasteiger partial charge is 0.487 e. The van der Waals surface area contributed by atoms with Gasteiger partial charge < -0.3 is 14.7 Å². The van der Waals surface area contributed by atoms with Gasteiger partial charge in [-0.25, -0.2) is 0 Å². The summed E-state index contributed by atoms with van der Waals surface area (Å²) in [6, 6.07) is 10.2. The molecule has 1 fully saturated rings. The second-order valence-corrected chi connectivity index (χ2v) is 6.35. The lowest BCUT2D eigenvalue weighted by atomic mass is 10.1. The summed E-state index contributed by atoms with van der Waals surface area (Å²) in [5.74, 6) is 0.213. The van der Waals surface area contributed by atoms with Crippen LogP contribution >= 0.6 is 0 Å². The Labute approximate surface area is 141 Å². The van der Waals surface area contributed by atoms with Gasteiger partial charge in [0.25, 0.3) is 0 Å². The van der Waals surface area contributed by atoms with Crippen LogP contribution in [-0.2, 0) is 11.4 Å². The van der Waals surface area contributed by atoms with Crippen LogP contribution in [0.1, 0.15) is 24.0 Å². The number of benzene rings is 1. The summed E-state index contributed by atoms with van der Waals surface area (Å²) >= 11 is 0. The number of aromatic nitrogens is 1. The topological polar surface area (TPSA) is 62.7 Å². The smallest absolute Gasteiger partial charge is 0.303 e. The van der Waals surface area contributed by atoms with E-state index in [1.165, 1.54) is 5.56 Å². The summed E-state index contributed by atoms with van der Waals surface area (Å²) in [7, 11) is 0. The molecule has 2 heterocycles. The van der Waals surface area contributed by atoms with E-state index < -0.39 is 5.97 Å². The van der Waals surface area contributed by atoms with E-state index in [0.29, 0.717) is 6.61 Å². The van der Waals surface area contributed by atoms with E-state index >= 15 is 0 Å². The van der Waals surface area contributed by atoms with Gasteiger partial charge in [0.05, 0.1) is 18.1 Å². The normalized spacial score (nSPS) is 17.0. The van der Waals surface area contributed by atoms with Crippen LogP contribution in [0.5, 0.6) is 5.75 Å². The molecule has 5 heteroatoms. The van der Waals surface area contributed by atoms with Gasteiger partial charge in [-0.05, 0) is 24.8 Å². The van der Waals surface area contributed by atoms with Crippen LogP contribution in [0.4, 0.5) is 5.69 Å². The number of hydrogen-bond donors (Lipinski definition) is 1. The average Bonchev–Trinajstić information content (AvgIpc) is 3.02. The minimum atomic E-state index is -0.727. The monoisotopic (exact) mass is 326 g/mol. The van der Waals surface area contributed by atoms with Crippen LogP contribution in [0.2, 0.25) is 0 Å². The molecule has 0 bridgehead atoms. The van der Waals surface area contributed by atoms with Crippen molar-refractivity contribution in [1.29, 1.82) is 0 Å². The lowest BCUT2D eigenvalue weighted by molar-refractivity contribution is -0.137. The van der Waals surface area contributed by atoms with Gasteiger partial charge in [-0.1, -0.05) is 29.8 Å². The number of carboxylic acid groups (broad SMARTS) is 1. The molecule has 5 nitrogen and oxygen atoms in total. The number of nitrogens with zero attached hydrogens (tertiary/aromatic N) is 2. The number of pyridine rings is 1. The van der Waals surface area contributed by atoms with Gasteiger partial charge in [-0.3, -0.25) is 9.78 Å². The van der Waals surface area contributed by atoms with Crippen molar-refractivity contribution in [3.05, 3.63) is 53.9 Å². The Morgan fingerprint density at radius 2 is 2.12 bits per heavy atom. The van der Waals surface area contributed by atoms with Crippen molar-refractivity contribution in [3.63, 3.8) is 0 Å². The number of rotatable bonds is 6. The molecule has 1 aromatic carbocycles. The molecule has 1 aliphatic heterocycles. The number of hydrogen-bond acceptors (Lipinski definition) is 4. The third-order valence-electron chi connectivity index (χ3n) is 4.34. The van der Waals surface area contributed by atoms with Crippen LogP contribution in [0, 0.1) is 12.8 Å². The predicted octanol–water partition coefficient (Wildman–Crippen LogP) is 3.27. The van der Waals surface area contributed by atoms with Gasteiger partial charge in [0, 0.05) is 25.6 Å². The van der Waals surface area contributed by atoms with E-state index in [4.69, 9.17) is 9.84 Å². The van der Waals surface area contributed by atoms with Crippen LogP contribution in [0.3, 0.4) is 0 Å². The highest BCUT2D eigenvalue weighted by Crippen LogP contribution is 2.27. The van der Waals surface area contributed by atoms with E-state index in [1.807, 2.05) is 12.3 Å². The predicted molar refractivity (Wildman–Crippen MR) is 92.3 cm³/mol. The SMILES string of the molecule is Cc1ccc(COc2cncc(N3CCC(CC(=O)O)C3)c2)cc1. The molecule has 0 saturated carbocycles. The van der Waals surface area contributed by atoms with Crippen molar-refractivity contribution >= 4 is 11.7 Å². The van der Waals surface area contributed by atoms with Crippen LogP contribution in [-0.4, -0.2) is 29.1 Å². The van der Waals surface area contributed by atoms with Crippen molar-refractivity contribution in [1.82, 2.24) is 4.98 Å². The zero-order valence-corrected chi connectivity index (χ0v) is 13.8. The maximum absolute atomic E-state index is 10.8. The Bertz CT molecular complexity index is 700. The molecule has 1 atom stereocenters. The van der Waals surface area contributed by atoms with Crippen molar-refractivity contribution < 1.29 is 14.6 Å². The first-order valence-corrected chi connectivity index (χ1v) is 8.20. The quantitative estimate of drug-likeness (QED) is 0.883. The molecule has 0 radical (unpaired) electrons. The van der Waals surface area contributed by atoms with Gasteiger partial charge >= 0.3 is 5.97 Å². The van der Waals surface area contributed by atoms with Crippen molar-refractivity contribution in [3.8, 4) is 5.75 Å². The van der Waals surface area contributed by atoms with E-state index in [2.05, 4.69) is 41.1 Å². The zero-order valence-electron chi connectivity index (χ0n) is 13.8. The summed E-state index contributed by atoms with van der Waals surface area (Å²) < 4.78 is 5.84. The molecule has 1 aliphatic rings. The Balaban J connectivity index is 1.60. The van der Waals surface area contributed by atoms with Gasteiger partial charge in [-0.2, -0.15) is 0 Å². The summed E-state index contributed by atoms with van der Waals surface area (Å²) in [4.78, 5) is 17.3. The number of aryl methyl sites for hydroxylation is 1. The molecule has 126 valence electrons. The van der Waals surface area contributed by atoms with Crippen molar-refractivity contribution in [2.24, 2.45) is 5.92 Å². The molecule has 3 rings (SSSR count). The van der Waals surface area contributed by atoms with Crippen LogP contribution < -0.4 is 9.64 Å². The first-order valence-electron chi connectivity index (χ1n) is 8.20. The first-order chi connectivity index (χ1) is 11.6. The number of ether oxygens (including phenoxy) is 1. The van der Waals surface area contributed by atoms with Gasteiger partial charge in [0.1, 0.15) is 12.4 Å². The molecule has 1 saturated heterocycles. The van der Waals surface area contributed by atoms with Gasteiger partial charge in [0.2, 0.25) is 0 Å². The number of carbonyl (C=O) groups is 1. The highest BCUT2D eigenvalue weighted by molar-refractivity contribution is 5.67. The number of carboxylic acids is 1. The fourth-order valence-electron chi connectivity index (χ4n) is 2.99. The maximum Gasteiger partial charge on any atom is 0.303 e. The minimum absolute atomic E-state index is 0.208. The summed E-state index contributed by atoms with van der Waals surface area (Å²) in [6.07, 6.45) is 4.65. The maximum atomic E-state index is 10.8. The molecule has 1 N–H and O–H groups in total. The zero-order chi connectivity index (χ0) is 16.9. The van der Waals surface area contributed by atoms with Crippen LogP contribution in [0.15, 0.2) is 42.7 Å². The van der Waals surface area contributed by atoms with Crippen LogP contribution in [0.25, 0.3) is 0 Å². The molecular weight excluding hydrogens is 304 g/mol. The van der Waals surface area contributed by atoms with Gasteiger partial charge in [-0.15, -0.1) is 0 Å². The summed E-state index contributed by atoms with van der Waals surface area (Å²) in [5.41, 5.74) is 3.34. The molecule has 1 unspecified atom stereocenters. The van der Waals surface area contributed by atoms with E-state index in [1.54, 1.807) is 6.20 Å². The molecule has 0 amide bonds. The summed E-state index contributed by atoms with van der Waals surface area (Å²) in [5, 5.41) is 8.92. The lowest BCUT2D eigenvalue weighted by Gasteiger charge is -2.19. The lowest BCUT2D eigenvalue weighted by Crippen LogP contribution is -2.20. The second-order valence-electron chi connectivity index (χ2n) is 6.35. The highest BCUT2D eigenvalue weighted by atomic mass is 16.5. The standard InChI is InChI=1S/C19H22N2O3/c1-14-2-4-15(5-3-14)13-24-18-9-17(10-20-11-18)21-7-6-16(12-21)8-19(22)23/h2-5,9-11,16H,6-8,12-13H2,1H3,(H,22,23). The summed E-state index contributed by atoms with van der Waals surface area (Å²) in [6.45, 7) is 4.19. The highest BCUT2D eigenvalue weighted by Gasteiger charge is 2.25. The molecule has 24 heavy (non-hydrogen) atoms. The van der Waals surface area contributed by atoms with E-state index in [0.717, 1.165) is 36.5 Å². The van der Waals surface area contributed by atoms with E-state index in [-0.39, 0.29) is 12.3 Å². The minimum Gasteiger partial charge on any atom is -0.487 e. The second kappa shape index (κ2) is 7.34. The fraction of sp³-hybridized carbons (Fsp3) is 0.368. The third-order valence-corrected chi connectivity index (χ3v) is 4.34. The Morgan fingerprint density at radius 1 is 1.33 bits per heavy atom. The van der Waals surface area contributed by atoms with Gasteiger partial charge in [0.15, 0.2) is 0 Å². The molecule has 1 aromatic heterocycles. The third kappa shape index (κ3) is 4.25. The first kappa shape index (κ1) is 16.3. The average molecular weight is 326 g/mol. The molecule has 0 aliphatic carbocycles. The van der Waals surface area contributed by atoms with E-state index in [9.17, 15) is 4.79 Å². The fourth-order valence-corrected chi connectivity index (χ4v) is 2.99. The Kier molecular flexibility index (Phi) is 4.99. The molecule has 2 aromatic rings. The Hall–Kier alpha value is -2.56. The number of anilines is 1. The Morgan fingerprint density at radius 3 is 2.88 bits per heavy atom. The van der Waals surface area contributed by atoms with Crippen molar-refractivity contribution in [2.75, 3.05) is 18.0 Å².